The molecular formula is C29H45N7O3S2+2. The summed E-state index contributed by atoms with van der Waals surface area (Å²) >= 11 is 1.69. The van der Waals surface area contributed by atoms with Gasteiger partial charge in [-0.25, -0.2) is 9.98 Å². The van der Waals surface area contributed by atoms with Crippen LogP contribution in [0.2, 0.25) is 0 Å². The number of nitrogens with zero attached hydrogens (tertiary/aromatic N) is 7. The number of rotatable bonds is 15. The van der Waals surface area contributed by atoms with Crippen molar-refractivity contribution in [2.45, 2.75) is 45.2 Å². The van der Waals surface area contributed by atoms with E-state index in [0.29, 0.717) is 19.4 Å². The lowest BCUT2D eigenvalue weighted by Gasteiger charge is -2.30. The average Bonchev–Trinajstić information content (AvgIpc) is 3.47. The summed E-state index contributed by atoms with van der Waals surface area (Å²) in [6, 6.07) is 8.24. The van der Waals surface area contributed by atoms with Gasteiger partial charge in [-0.05, 0) is 46.0 Å². The van der Waals surface area contributed by atoms with Gasteiger partial charge in [-0.1, -0.05) is 23.5 Å². The van der Waals surface area contributed by atoms with E-state index < -0.39 is 10.1 Å². The lowest BCUT2D eigenvalue weighted by Crippen LogP contribution is -2.41. The summed E-state index contributed by atoms with van der Waals surface area (Å²) in [5.74, 6) is 0.668. The highest BCUT2D eigenvalue weighted by atomic mass is 32.2. The van der Waals surface area contributed by atoms with Crippen molar-refractivity contribution in [3.8, 4) is 0 Å². The van der Waals surface area contributed by atoms with Crippen molar-refractivity contribution in [3.63, 3.8) is 0 Å². The molecule has 224 valence electrons. The number of aliphatic imine (C=N–C) groups is 1. The van der Waals surface area contributed by atoms with Gasteiger partial charge in [-0.3, -0.25) is 4.55 Å². The SMILES string of the molecule is CN(C)CCCC[N+](C)(C)CCCn1cnc2c1/C(=C/c1sc3ccccc3[n+]1CCCCS(=O)(=O)O)N=CN2C. The third-order valence-corrected chi connectivity index (χ3v) is 9.39. The second-order valence-corrected chi connectivity index (χ2v) is 14.4. The first-order valence-electron chi connectivity index (χ1n) is 14.3. The van der Waals surface area contributed by atoms with Gasteiger partial charge in [0.2, 0.25) is 5.52 Å². The van der Waals surface area contributed by atoms with Gasteiger partial charge >= 0.3 is 0 Å². The summed E-state index contributed by atoms with van der Waals surface area (Å²) in [6.45, 7) is 4.91. The van der Waals surface area contributed by atoms with E-state index in [2.05, 4.69) is 60.4 Å². The fourth-order valence-corrected chi connectivity index (χ4v) is 6.94. The molecule has 10 nitrogen and oxygen atoms in total. The minimum absolute atomic E-state index is 0.225. The Labute approximate surface area is 248 Å². The molecule has 1 aliphatic rings. The van der Waals surface area contributed by atoms with Crippen LogP contribution in [0.3, 0.4) is 0 Å². The number of quaternary nitrogens is 1. The molecule has 0 amide bonds. The van der Waals surface area contributed by atoms with Crippen LogP contribution in [0.15, 0.2) is 35.6 Å². The molecule has 1 aliphatic heterocycles. The molecule has 0 saturated carbocycles. The normalized spacial score (nSPS) is 15.0. The average molecular weight is 604 g/mol. The molecule has 12 heteroatoms. The van der Waals surface area contributed by atoms with Gasteiger partial charge in [-0.2, -0.15) is 13.0 Å². The number of imidazole rings is 1. The molecule has 3 heterocycles. The van der Waals surface area contributed by atoms with Crippen LogP contribution in [-0.4, -0.2) is 98.9 Å². The molecule has 3 aromatic rings. The Hall–Kier alpha value is -2.64. The van der Waals surface area contributed by atoms with E-state index in [1.807, 2.05) is 36.7 Å². The van der Waals surface area contributed by atoms with Gasteiger partial charge < -0.3 is 18.8 Å². The maximum atomic E-state index is 11.2. The molecular weight excluding hydrogens is 558 g/mol. The summed E-state index contributed by atoms with van der Waals surface area (Å²) < 4.78 is 38.2. The van der Waals surface area contributed by atoms with E-state index in [1.165, 1.54) is 19.4 Å². The third-order valence-electron chi connectivity index (χ3n) is 7.48. The molecule has 4 rings (SSSR count). The molecule has 1 aromatic carbocycles. The number of aryl methyl sites for hydroxylation is 2. The number of para-hydroxylation sites is 1. The Morgan fingerprint density at radius 3 is 2.61 bits per heavy atom. The minimum atomic E-state index is -3.96. The fraction of sp³-hybridized carbons (Fsp3) is 0.552. The van der Waals surface area contributed by atoms with E-state index >= 15 is 0 Å². The van der Waals surface area contributed by atoms with Crippen molar-refractivity contribution in [1.82, 2.24) is 14.5 Å². The van der Waals surface area contributed by atoms with Gasteiger partial charge in [-0.15, -0.1) is 0 Å². The van der Waals surface area contributed by atoms with Gasteiger partial charge in [0.05, 0.1) is 51.3 Å². The molecule has 0 unspecified atom stereocenters. The van der Waals surface area contributed by atoms with Crippen LogP contribution < -0.4 is 9.47 Å². The molecule has 1 N–H and O–H groups in total. The molecule has 41 heavy (non-hydrogen) atoms. The molecule has 0 spiro atoms. The van der Waals surface area contributed by atoms with Crippen LogP contribution in [0, 0.1) is 0 Å². The summed E-state index contributed by atoms with van der Waals surface area (Å²) in [7, 11) is 6.91. The number of hydrogen-bond donors (Lipinski definition) is 1. The Bertz CT molecular complexity index is 1490. The second kappa shape index (κ2) is 13.6. The third kappa shape index (κ3) is 8.68. The Morgan fingerprint density at radius 2 is 1.85 bits per heavy atom. The van der Waals surface area contributed by atoms with Crippen LogP contribution in [0.5, 0.6) is 0 Å². The number of unbranched alkanes of at least 4 members (excludes halogenated alkanes) is 2. The number of hydrogen-bond acceptors (Lipinski definition) is 7. The van der Waals surface area contributed by atoms with E-state index in [1.54, 1.807) is 11.3 Å². The fourth-order valence-electron chi connectivity index (χ4n) is 5.24. The lowest BCUT2D eigenvalue weighted by molar-refractivity contribution is -0.890. The monoisotopic (exact) mass is 603 g/mol. The topological polar surface area (TPSA) is 94.9 Å². The second-order valence-electron chi connectivity index (χ2n) is 11.8. The summed E-state index contributed by atoms with van der Waals surface area (Å²) in [4.78, 5) is 13.8. The Balaban J connectivity index is 1.53. The van der Waals surface area contributed by atoms with Crippen LogP contribution in [0.25, 0.3) is 22.0 Å². The molecule has 0 bridgehead atoms. The first-order chi connectivity index (χ1) is 19.4. The molecule has 0 atom stereocenters. The molecule has 0 saturated heterocycles. The van der Waals surface area contributed by atoms with Gasteiger partial charge in [0.1, 0.15) is 10.4 Å². The molecule has 0 aliphatic carbocycles. The van der Waals surface area contributed by atoms with E-state index in [-0.39, 0.29) is 5.75 Å². The molecule has 0 fully saturated rings. The first-order valence-corrected chi connectivity index (χ1v) is 16.7. The van der Waals surface area contributed by atoms with Gasteiger partial charge in [0.25, 0.3) is 15.1 Å². The highest BCUT2D eigenvalue weighted by Gasteiger charge is 2.26. The van der Waals surface area contributed by atoms with Crippen molar-refractivity contribution in [1.29, 1.82) is 0 Å². The highest BCUT2D eigenvalue weighted by molar-refractivity contribution is 7.85. The van der Waals surface area contributed by atoms with Crippen LogP contribution >= 0.6 is 11.3 Å². The number of thiazole rings is 1. The quantitative estimate of drug-likeness (QED) is 0.123. The summed E-state index contributed by atoms with van der Waals surface area (Å²) in [5, 5.41) is 1.05. The Kier molecular flexibility index (Phi) is 10.3. The summed E-state index contributed by atoms with van der Waals surface area (Å²) in [5.41, 5.74) is 2.99. The predicted molar refractivity (Wildman–Crippen MR) is 169 cm³/mol. The number of fused-ring (bicyclic) bond motifs is 2. The van der Waals surface area contributed by atoms with Crippen molar-refractivity contribution < 1.29 is 22.0 Å². The van der Waals surface area contributed by atoms with Crippen LogP contribution in [0.1, 0.15) is 42.8 Å². The Morgan fingerprint density at radius 1 is 1.10 bits per heavy atom. The minimum Gasteiger partial charge on any atom is -0.328 e. The van der Waals surface area contributed by atoms with Crippen molar-refractivity contribution in [2.24, 2.45) is 4.99 Å². The number of aromatic nitrogens is 3. The zero-order valence-electron chi connectivity index (χ0n) is 25.0. The van der Waals surface area contributed by atoms with Crippen LogP contribution in [0.4, 0.5) is 5.82 Å². The van der Waals surface area contributed by atoms with E-state index in [9.17, 15) is 8.42 Å². The molecule has 2 aromatic heterocycles. The lowest BCUT2D eigenvalue weighted by atomic mass is 10.2. The smallest absolute Gasteiger partial charge is 0.265 e. The van der Waals surface area contributed by atoms with Crippen molar-refractivity contribution in [2.75, 3.05) is 65.5 Å². The van der Waals surface area contributed by atoms with Gasteiger partial charge in [0.15, 0.2) is 12.4 Å². The maximum absolute atomic E-state index is 11.2. The maximum Gasteiger partial charge on any atom is 0.265 e. The molecule has 0 radical (unpaired) electrons. The van der Waals surface area contributed by atoms with Gasteiger partial charge in [0, 0.05) is 38.6 Å². The van der Waals surface area contributed by atoms with Crippen LogP contribution in [-0.2, 0) is 23.2 Å². The first kappa shape index (κ1) is 31.3. The summed E-state index contributed by atoms with van der Waals surface area (Å²) in [6.07, 6.45) is 10.4. The highest BCUT2D eigenvalue weighted by Crippen LogP contribution is 2.32. The van der Waals surface area contributed by atoms with Crippen molar-refractivity contribution >= 4 is 55.6 Å². The van der Waals surface area contributed by atoms with E-state index in [0.717, 1.165) is 63.0 Å². The van der Waals surface area contributed by atoms with Crippen molar-refractivity contribution in [3.05, 3.63) is 41.3 Å². The predicted octanol–water partition coefficient (Wildman–Crippen LogP) is 3.84. The number of benzene rings is 1. The standard InChI is InChI=1S/C29H44N7O3S2/c1-32(2)15-8-10-18-36(4,5)19-12-16-34-23-31-29-28(34)24(30-22-33(29)3)21-27-35(17-9-11-20-41(37,38)39)25-13-6-7-14-26(25)40-27/h6-7,13-14,21-23H,8-12,15-20H2,1-5H3/q+1/p+1. The zero-order valence-corrected chi connectivity index (χ0v) is 26.7. The zero-order chi connectivity index (χ0) is 29.6. The number of anilines is 1. The largest absolute Gasteiger partial charge is 0.328 e. The van der Waals surface area contributed by atoms with E-state index in [4.69, 9.17) is 14.5 Å².